The van der Waals surface area contributed by atoms with Crippen molar-refractivity contribution in [3.8, 4) is 17.3 Å². The lowest BCUT2D eigenvalue weighted by Gasteiger charge is -2.25. The molecule has 3 rings (SSSR count). The average Bonchev–Trinajstić information content (AvgIpc) is 3.20. The topological polar surface area (TPSA) is 59.8 Å². The van der Waals surface area contributed by atoms with Gasteiger partial charge in [0.2, 0.25) is 5.88 Å². The van der Waals surface area contributed by atoms with E-state index in [1.165, 1.54) is 12.1 Å². The number of aryl methyl sites for hydroxylation is 1. The summed E-state index contributed by atoms with van der Waals surface area (Å²) in [6.45, 7) is 8.01. The Bertz CT molecular complexity index is 1020. The van der Waals surface area contributed by atoms with Crippen molar-refractivity contribution in [3.05, 3.63) is 84.3 Å². The molecule has 0 aliphatic rings. The smallest absolute Gasteiger partial charge is 0.227 e. The summed E-state index contributed by atoms with van der Waals surface area (Å²) in [6.07, 6.45) is 3.45. The van der Waals surface area contributed by atoms with E-state index in [1.54, 1.807) is 23.9 Å². The first kappa shape index (κ1) is 25.6. The van der Waals surface area contributed by atoms with E-state index in [4.69, 9.17) is 14.6 Å². The zero-order valence-corrected chi connectivity index (χ0v) is 20.0. The summed E-state index contributed by atoms with van der Waals surface area (Å²) in [4.78, 5) is 2.15. The summed E-state index contributed by atoms with van der Waals surface area (Å²) >= 11 is 0. The van der Waals surface area contributed by atoms with Crippen LogP contribution in [0, 0.1) is 5.82 Å². The molecule has 6 nitrogen and oxygen atoms in total. The first-order chi connectivity index (χ1) is 16.5. The van der Waals surface area contributed by atoms with E-state index in [-0.39, 0.29) is 5.82 Å². The lowest BCUT2D eigenvalue weighted by Crippen LogP contribution is -2.34. The summed E-state index contributed by atoms with van der Waals surface area (Å²) in [6, 6.07) is 15.7. The highest BCUT2D eigenvalue weighted by Gasteiger charge is 2.23. The molecule has 0 saturated carbocycles. The van der Waals surface area contributed by atoms with Crippen LogP contribution in [0.2, 0.25) is 0 Å². The maximum Gasteiger partial charge on any atom is 0.227 e. The Hall–Kier alpha value is -3.00. The molecule has 34 heavy (non-hydrogen) atoms. The first-order valence-electron chi connectivity index (χ1n) is 11.7. The number of aromatic nitrogens is 2. The van der Waals surface area contributed by atoms with E-state index >= 15 is 0 Å². The minimum atomic E-state index is -0.481. The molecule has 0 fully saturated rings. The number of methoxy groups -OCH3 is 1. The Morgan fingerprint density at radius 1 is 1.18 bits per heavy atom. The second kappa shape index (κ2) is 13.0. The summed E-state index contributed by atoms with van der Waals surface area (Å²) in [5.41, 5.74) is 2.71. The van der Waals surface area contributed by atoms with Gasteiger partial charge >= 0.3 is 0 Å². The number of ether oxygens (including phenoxy) is 2. The second-order valence-electron chi connectivity index (χ2n) is 8.14. The van der Waals surface area contributed by atoms with Gasteiger partial charge in [-0.1, -0.05) is 31.2 Å². The third-order valence-corrected chi connectivity index (χ3v) is 5.55. The van der Waals surface area contributed by atoms with Crippen molar-refractivity contribution in [2.45, 2.75) is 38.8 Å². The van der Waals surface area contributed by atoms with E-state index in [0.29, 0.717) is 50.7 Å². The molecule has 182 valence electrons. The van der Waals surface area contributed by atoms with Gasteiger partial charge in [-0.3, -0.25) is 4.90 Å². The van der Waals surface area contributed by atoms with E-state index in [1.807, 2.05) is 36.4 Å². The number of halogens is 1. The average molecular weight is 468 g/mol. The van der Waals surface area contributed by atoms with Crippen LogP contribution in [0.25, 0.3) is 5.69 Å². The molecule has 0 saturated heterocycles. The monoisotopic (exact) mass is 467 g/mol. The van der Waals surface area contributed by atoms with Crippen molar-refractivity contribution in [1.29, 1.82) is 0 Å². The molecule has 1 heterocycles. The molecule has 1 aromatic heterocycles. The van der Waals surface area contributed by atoms with Crippen LogP contribution in [-0.2, 0) is 17.7 Å². The first-order valence-corrected chi connectivity index (χ1v) is 11.7. The van der Waals surface area contributed by atoms with Crippen LogP contribution < -0.4 is 4.74 Å². The Morgan fingerprint density at radius 2 is 1.91 bits per heavy atom. The fourth-order valence-electron chi connectivity index (χ4n) is 3.76. The largest absolute Gasteiger partial charge is 0.439 e. The van der Waals surface area contributed by atoms with Crippen molar-refractivity contribution < 1.29 is 19.0 Å². The molecular formula is C27H34FN3O3. The maximum atomic E-state index is 13.5. The number of aliphatic hydroxyl groups is 1. The molecule has 3 aromatic rings. The molecular weight excluding hydrogens is 433 g/mol. The molecule has 0 aliphatic carbocycles. The molecule has 0 unspecified atom stereocenters. The number of benzene rings is 2. The number of aliphatic hydroxyl groups excluding tert-OH is 1. The normalized spacial score (nSPS) is 12.1. The van der Waals surface area contributed by atoms with E-state index in [0.717, 1.165) is 23.4 Å². The fraction of sp³-hybridized carbons (Fsp3) is 0.370. The van der Waals surface area contributed by atoms with Gasteiger partial charge in [0.05, 0.1) is 29.7 Å². The highest BCUT2D eigenvalue weighted by atomic mass is 19.1. The van der Waals surface area contributed by atoms with Crippen LogP contribution in [0.3, 0.4) is 0 Å². The van der Waals surface area contributed by atoms with E-state index < -0.39 is 6.10 Å². The number of rotatable bonds is 14. The lowest BCUT2D eigenvalue weighted by molar-refractivity contribution is 0.0804. The zero-order valence-electron chi connectivity index (χ0n) is 20.0. The van der Waals surface area contributed by atoms with Crippen molar-refractivity contribution in [1.82, 2.24) is 14.7 Å². The van der Waals surface area contributed by atoms with Gasteiger partial charge < -0.3 is 14.6 Å². The van der Waals surface area contributed by atoms with E-state index in [9.17, 15) is 9.50 Å². The van der Waals surface area contributed by atoms with Gasteiger partial charge in [-0.2, -0.15) is 5.10 Å². The third kappa shape index (κ3) is 7.00. The molecule has 0 amide bonds. The second-order valence-corrected chi connectivity index (χ2v) is 8.14. The Balaban J connectivity index is 1.99. The highest BCUT2D eigenvalue weighted by Crippen LogP contribution is 2.32. The number of hydrogen-bond acceptors (Lipinski definition) is 5. The molecule has 1 N–H and O–H groups in total. The van der Waals surface area contributed by atoms with Crippen molar-refractivity contribution in [2.75, 3.05) is 26.8 Å². The Morgan fingerprint density at radius 3 is 2.56 bits per heavy atom. The predicted molar refractivity (Wildman–Crippen MR) is 132 cm³/mol. The number of para-hydroxylation sites is 1. The minimum absolute atomic E-state index is 0.322. The van der Waals surface area contributed by atoms with E-state index in [2.05, 4.69) is 18.4 Å². The van der Waals surface area contributed by atoms with Gasteiger partial charge in [-0.25, -0.2) is 9.07 Å². The minimum Gasteiger partial charge on any atom is -0.439 e. The summed E-state index contributed by atoms with van der Waals surface area (Å²) in [5, 5.41) is 15.4. The van der Waals surface area contributed by atoms with Crippen LogP contribution in [0.4, 0.5) is 4.39 Å². The number of hydrogen-bond donors (Lipinski definition) is 1. The van der Waals surface area contributed by atoms with Crippen LogP contribution >= 0.6 is 0 Å². The quantitative estimate of drug-likeness (QED) is 0.333. The fourth-order valence-corrected chi connectivity index (χ4v) is 3.76. The number of allylic oxidation sites excluding steroid dienone is 1. The van der Waals surface area contributed by atoms with Gasteiger partial charge in [-0.15, -0.1) is 6.58 Å². The molecule has 1 atom stereocenters. The van der Waals surface area contributed by atoms with Crippen LogP contribution in [0.15, 0.2) is 67.3 Å². The van der Waals surface area contributed by atoms with Gasteiger partial charge in [0, 0.05) is 26.7 Å². The lowest BCUT2D eigenvalue weighted by atomic mass is 10.1. The van der Waals surface area contributed by atoms with Gasteiger partial charge in [-0.05, 0) is 55.7 Å². The van der Waals surface area contributed by atoms with Gasteiger partial charge in [0.15, 0.2) is 0 Å². The zero-order chi connectivity index (χ0) is 24.3. The highest BCUT2D eigenvalue weighted by molar-refractivity contribution is 5.43. The van der Waals surface area contributed by atoms with Gasteiger partial charge in [0.25, 0.3) is 0 Å². The number of nitrogens with zero attached hydrogens (tertiary/aromatic N) is 3. The molecule has 0 aliphatic heterocycles. The third-order valence-electron chi connectivity index (χ3n) is 5.55. The Labute approximate surface area is 201 Å². The SMILES string of the molecule is C=CCC[C@H](O)CN(CCOC)Cc1c(CC)nn(-c2ccccc2)c1Oc1ccc(F)cc1. The Kier molecular flexibility index (Phi) is 9.82. The summed E-state index contributed by atoms with van der Waals surface area (Å²) in [5.74, 6) is 0.784. The van der Waals surface area contributed by atoms with Crippen molar-refractivity contribution in [3.63, 3.8) is 0 Å². The van der Waals surface area contributed by atoms with Gasteiger partial charge in [0.1, 0.15) is 11.6 Å². The van der Waals surface area contributed by atoms with Crippen molar-refractivity contribution in [2.24, 2.45) is 0 Å². The van der Waals surface area contributed by atoms with Crippen LogP contribution in [0.5, 0.6) is 11.6 Å². The summed E-state index contributed by atoms with van der Waals surface area (Å²) < 4.78 is 26.9. The maximum absolute atomic E-state index is 13.5. The van der Waals surface area contributed by atoms with Crippen LogP contribution in [-0.4, -0.2) is 52.7 Å². The molecule has 7 heteroatoms. The molecule has 0 radical (unpaired) electrons. The molecule has 0 bridgehead atoms. The van der Waals surface area contributed by atoms with Crippen LogP contribution in [0.1, 0.15) is 31.0 Å². The van der Waals surface area contributed by atoms with Crippen molar-refractivity contribution >= 4 is 0 Å². The standard InChI is InChI=1S/C27H34FN3O3/c1-4-6-12-23(32)19-30(17-18-33-3)20-25-26(5-2)29-31(22-10-8-7-9-11-22)27(25)34-24-15-13-21(28)14-16-24/h4,7-11,13-16,23,32H,1,5-6,12,17-20H2,2-3H3/t23-/m0/s1. The molecule has 2 aromatic carbocycles. The summed E-state index contributed by atoms with van der Waals surface area (Å²) in [7, 11) is 1.67. The molecule has 0 spiro atoms. The predicted octanol–water partition coefficient (Wildman–Crippen LogP) is 5.14.